The minimum atomic E-state index is -4.75. The lowest BCUT2D eigenvalue weighted by molar-refractivity contribution is -0.155. The Morgan fingerprint density at radius 2 is 1.93 bits per heavy atom. The Morgan fingerprint density at radius 1 is 1.15 bits per heavy atom. The van der Waals surface area contributed by atoms with Crippen molar-refractivity contribution in [2.24, 2.45) is 0 Å². The Kier molecular flexibility index (Phi) is 7.94. The van der Waals surface area contributed by atoms with Crippen molar-refractivity contribution in [3.63, 3.8) is 0 Å². The van der Waals surface area contributed by atoms with Crippen LogP contribution in [0.5, 0.6) is 5.75 Å². The molecule has 5 rings (SSSR count). The number of aliphatic hydroxyl groups excluding tert-OH is 2. The standard InChI is InChI=1S/C27H27F3N6O5/c28-27(29,30)23(16-4-2-1-3-5-16)34-25(39)20-6-7-21-24(32-20)36(17-9-11-35(21)13-17)26(40)33-22-12-19(8-10-31-22)41-15-18(38)14-37/h1-8,10,12,17-18,23,37-38H,9,11,13-15H2,(H,34,39)(H,31,33,40)/t17-,18?,23?/m0/s1. The average molecular weight is 573 g/mol. The molecule has 216 valence electrons. The molecule has 14 heteroatoms. The number of aliphatic hydroxyl groups is 2. The van der Waals surface area contributed by atoms with Crippen LogP contribution in [0.25, 0.3) is 0 Å². The molecular formula is C27H27F3N6O5. The molecular weight excluding hydrogens is 545 g/mol. The zero-order valence-corrected chi connectivity index (χ0v) is 21.6. The number of alkyl halides is 3. The number of benzene rings is 1. The van der Waals surface area contributed by atoms with Crippen molar-refractivity contribution in [3.05, 3.63) is 72.1 Å². The fourth-order valence-corrected chi connectivity index (χ4v) is 4.79. The van der Waals surface area contributed by atoms with E-state index >= 15 is 0 Å². The van der Waals surface area contributed by atoms with Gasteiger partial charge in [-0.25, -0.2) is 14.8 Å². The molecule has 0 radical (unpaired) electrons. The van der Waals surface area contributed by atoms with Gasteiger partial charge in [0.2, 0.25) is 0 Å². The molecule has 2 bridgehead atoms. The van der Waals surface area contributed by atoms with E-state index in [1.54, 1.807) is 12.1 Å². The molecule has 41 heavy (non-hydrogen) atoms. The Bertz CT molecular complexity index is 1410. The summed E-state index contributed by atoms with van der Waals surface area (Å²) in [5.74, 6) is -0.462. The fourth-order valence-electron chi connectivity index (χ4n) is 4.79. The fraction of sp³-hybridized carbons (Fsp3) is 0.333. The van der Waals surface area contributed by atoms with Gasteiger partial charge in [0, 0.05) is 25.4 Å². The van der Waals surface area contributed by atoms with Crippen molar-refractivity contribution < 1.29 is 37.7 Å². The Balaban J connectivity index is 1.38. The highest BCUT2D eigenvalue weighted by molar-refractivity contribution is 6.05. The van der Waals surface area contributed by atoms with E-state index in [4.69, 9.17) is 9.84 Å². The topological polar surface area (TPSA) is 140 Å². The van der Waals surface area contributed by atoms with E-state index in [2.05, 4.69) is 15.3 Å². The number of fused-ring (bicyclic) bond motifs is 4. The second-order valence-electron chi connectivity index (χ2n) is 9.61. The number of pyridine rings is 2. The number of ether oxygens (including phenoxy) is 1. The Labute approximate surface area is 232 Å². The van der Waals surface area contributed by atoms with Crippen LogP contribution in [-0.4, -0.2) is 76.7 Å². The van der Waals surface area contributed by atoms with Gasteiger partial charge in [0.05, 0.1) is 18.3 Å². The number of urea groups is 1. The predicted octanol–water partition coefficient (Wildman–Crippen LogP) is 2.87. The van der Waals surface area contributed by atoms with E-state index in [0.29, 0.717) is 30.9 Å². The number of halogens is 3. The largest absolute Gasteiger partial charge is 0.491 e. The predicted molar refractivity (Wildman–Crippen MR) is 142 cm³/mol. The third-order valence-corrected chi connectivity index (χ3v) is 6.76. The van der Waals surface area contributed by atoms with Crippen molar-refractivity contribution in [3.8, 4) is 5.75 Å². The summed E-state index contributed by atoms with van der Waals surface area (Å²) in [6.07, 6.45) is -3.82. The van der Waals surface area contributed by atoms with Crippen molar-refractivity contribution in [1.82, 2.24) is 15.3 Å². The number of carbonyl (C=O) groups excluding carboxylic acids is 2. The Morgan fingerprint density at radius 3 is 2.66 bits per heavy atom. The maximum Gasteiger partial charge on any atom is 0.412 e. The van der Waals surface area contributed by atoms with Crippen molar-refractivity contribution in [2.75, 3.05) is 41.4 Å². The molecule has 11 nitrogen and oxygen atoms in total. The van der Waals surface area contributed by atoms with E-state index in [0.717, 1.165) is 0 Å². The molecule has 1 aromatic carbocycles. The van der Waals surface area contributed by atoms with Crippen molar-refractivity contribution >= 4 is 29.3 Å². The van der Waals surface area contributed by atoms with Gasteiger partial charge in [0.25, 0.3) is 5.91 Å². The smallest absolute Gasteiger partial charge is 0.412 e. The van der Waals surface area contributed by atoms with Crippen molar-refractivity contribution in [2.45, 2.75) is 30.8 Å². The number of aromatic nitrogens is 2. The van der Waals surface area contributed by atoms with Crippen LogP contribution in [0.15, 0.2) is 60.8 Å². The number of carbonyl (C=O) groups is 2. The quantitative estimate of drug-likeness (QED) is 0.323. The van der Waals surface area contributed by atoms with Crippen LogP contribution in [0.3, 0.4) is 0 Å². The maximum absolute atomic E-state index is 13.8. The second-order valence-corrected chi connectivity index (χ2v) is 9.61. The first-order valence-corrected chi connectivity index (χ1v) is 12.8. The number of hydrogen-bond acceptors (Lipinski definition) is 8. The van der Waals surface area contributed by atoms with E-state index in [-0.39, 0.29) is 35.5 Å². The highest BCUT2D eigenvalue weighted by Gasteiger charge is 2.43. The van der Waals surface area contributed by atoms with Gasteiger partial charge in [-0.3, -0.25) is 15.0 Å². The summed E-state index contributed by atoms with van der Waals surface area (Å²) < 4.78 is 46.9. The highest BCUT2D eigenvalue weighted by Crippen LogP contribution is 2.39. The molecule has 2 aliphatic rings. The first-order valence-electron chi connectivity index (χ1n) is 12.8. The zero-order valence-electron chi connectivity index (χ0n) is 21.6. The lowest BCUT2D eigenvalue weighted by Crippen LogP contribution is -2.48. The second kappa shape index (κ2) is 11.6. The molecule has 1 fully saturated rings. The SMILES string of the molecule is O=C(NC(c1ccccc1)C(F)(F)F)c1ccc2c(n1)N(C(=O)Nc1cc(OCC(O)CO)ccn1)[C@H]1CCN2C1. The van der Waals surface area contributed by atoms with Gasteiger partial charge in [-0.1, -0.05) is 30.3 Å². The normalized spacial score (nSPS) is 17.4. The lowest BCUT2D eigenvalue weighted by atomic mass is 10.1. The molecule has 1 saturated heterocycles. The molecule has 3 atom stereocenters. The monoisotopic (exact) mass is 572 g/mol. The Hall–Kier alpha value is -4.43. The molecule has 2 unspecified atom stereocenters. The zero-order chi connectivity index (χ0) is 29.1. The van der Waals surface area contributed by atoms with Crippen LogP contribution in [0.1, 0.15) is 28.5 Å². The molecule has 3 aromatic rings. The summed E-state index contributed by atoms with van der Waals surface area (Å²) in [5.41, 5.74) is 0.176. The summed E-state index contributed by atoms with van der Waals surface area (Å²) in [6.45, 7) is 0.512. The molecule has 0 spiro atoms. The van der Waals surface area contributed by atoms with Gasteiger partial charge in [0.15, 0.2) is 11.9 Å². The summed E-state index contributed by atoms with van der Waals surface area (Å²) in [7, 11) is 0. The van der Waals surface area contributed by atoms with E-state index < -0.39 is 36.9 Å². The van der Waals surface area contributed by atoms with Gasteiger partial charge < -0.3 is 25.2 Å². The minimum absolute atomic E-state index is 0.124. The van der Waals surface area contributed by atoms with Gasteiger partial charge in [-0.2, -0.15) is 13.2 Å². The summed E-state index contributed by atoms with van der Waals surface area (Å²) in [6, 6.07) is 9.76. The molecule has 4 N–H and O–H groups in total. The number of nitrogens with zero attached hydrogens (tertiary/aromatic N) is 4. The number of amides is 3. The van der Waals surface area contributed by atoms with Crippen LogP contribution in [0.2, 0.25) is 0 Å². The van der Waals surface area contributed by atoms with Gasteiger partial charge >= 0.3 is 12.2 Å². The summed E-state index contributed by atoms with van der Waals surface area (Å²) in [4.78, 5) is 38.3. The molecule has 2 aromatic heterocycles. The lowest BCUT2D eigenvalue weighted by Gasteiger charge is -2.35. The number of anilines is 3. The van der Waals surface area contributed by atoms with Crippen LogP contribution in [0.4, 0.5) is 35.3 Å². The summed E-state index contributed by atoms with van der Waals surface area (Å²) in [5, 5.41) is 23.2. The minimum Gasteiger partial charge on any atom is -0.491 e. The number of rotatable bonds is 8. The molecule has 4 heterocycles. The van der Waals surface area contributed by atoms with Gasteiger partial charge in [-0.05, 0) is 30.2 Å². The number of hydrogen-bond donors (Lipinski definition) is 4. The average Bonchev–Trinajstić information content (AvgIpc) is 3.38. The van der Waals surface area contributed by atoms with Gasteiger partial charge in [0.1, 0.15) is 30.0 Å². The van der Waals surface area contributed by atoms with Crippen LogP contribution in [-0.2, 0) is 0 Å². The van der Waals surface area contributed by atoms with Crippen molar-refractivity contribution in [1.29, 1.82) is 0 Å². The maximum atomic E-state index is 13.8. The van der Waals surface area contributed by atoms with Crippen LogP contribution < -0.4 is 25.2 Å². The van der Waals surface area contributed by atoms with Crippen LogP contribution >= 0.6 is 0 Å². The third kappa shape index (κ3) is 6.18. The molecule has 0 saturated carbocycles. The van der Waals surface area contributed by atoms with E-state index in [1.807, 2.05) is 10.2 Å². The number of nitrogens with one attached hydrogen (secondary N) is 2. The molecule has 3 amide bonds. The van der Waals surface area contributed by atoms with E-state index in [9.17, 15) is 27.9 Å². The van der Waals surface area contributed by atoms with E-state index in [1.165, 1.54) is 53.6 Å². The van der Waals surface area contributed by atoms with Gasteiger partial charge in [-0.15, -0.1) is 0 Å². The molecule has 0 aliphatic carbocycles. The first kappa shape index (κ1) is 28.1. The molecule has 2 aliphatic heterocycles. The third-order valence-electron chi connectivity index (χ3n) is 6.76. The summed E-state index contributed by atoms with van der Waals surface area (Å²) >= 11 is 0. The first-order chi connectivity index (χ1) is 19.6. The van der Waals surface area contributed by atoms with Crippen LogP contribution in [0, 0.1) is 0 Å². The highest BCUT2D eigenvalue weighted by atomic mass is 19.4.